The molecular weight excluding hydrogens is 479 g/mol. The van der Waals surface area contributed by atoms with Crippen molar-refractivity contribution < 1.29 is 22.7 Å². The molecule has 4 aromatic rings. The average molecular weight is 502 g/mol. The smallest absolute Gasteiger partial charge is 0.372 e. The van der Waals surface area contributed by atoms with Crippen molar-refractivity contribution in [3.05, 3.63) is 59.1 Å². The Bertz CT molecular complexity index is 1380. The summed E-state index contributed by atoms with van der Waals surface area (Å²) in [6.07, 6.45) is -3.04. The van der Waals surface area contributed by atoms with Crippen LogP contribution in [0.15, 0.2) is 48.0 Å². The van der Waals surface area contributed by atoms with Gasteiger partial charge in [0.15, 0.2) is 5.13 Å². The number of morpholine rings is 1. The fourth-order valence-corrected chi connectivity index (χ4v) is 4.72. The van der Waals surface area contributed by atoms with Gasteiger partial charge in [-0.15, -0.1) is 11.3 Å². The Morgan fingerprint density at radius 2 is 2.09 bits per heavy atom. The molecule has 2 aromatic carbocycles. The number of nitrogens with one attached hydrogen (secondary N) is 2. The van der Waals surface area contributed by atoms with Gasteiger partial charge < -0.3 is 14.6 Å². The minimum atomic E-state index is -4.60. The Kier molecular flexibility index (Phi) is 5.76. The van der Waals surface area contributed by atoms with Crippen molar-refractivity contribution in [2.24, 2.45) is 0 Å². The number of hydrogen-bond donors (Lipinski definition) is 2. The number of hydrogen-bond acceptors (Lipinski definition) is 6. The minimum Gasteiger partial charge on any atom is -0.372 e. The summed E-state index contributed by atoms with van der Waals surface area (Å²) in [6, 6.07) is 9.13. The number of halogens is 3. The van der Waals surface area contributed by atoms with Gasteiger partial charge in [0.1, 0.15) is 11.3 Å². The summed E-state index contributed by atoms with van der Waals surface area (Å²) in [7, 11) is 0. The number of benzene rings is 2. The highest BCUT2D eigenvalue weighted by molar-refractivity contribution is 7.13. The van der Waals surface area contributed by atoms with Gasteiger partial charge in [0.05, 0.1) is 28.9 Å². The maximum absolute atomic E-state index is 14.2. The van der Waals surface area contributed by atoms with Crippen molar-refractivity contribution in [3.8, 4) is 11.4 Å². The summed E-state index contributed by atoms with van der Waals surface area (Å²) in [4.78, 5) is 26.1. The van der Waals surface area contributed by atoms with Gasteiger partial charge in [0.2, 0.25) is 0 Å². The van der Waals surface area contributed by atoms with E-state index in [2.05, 4.69) is 20.3 Å². The number of aromatic nitrogens is 3. The van der Waals surface area contributed by atoms with Gasteiger partial charge in [0.25, 0.3) is 5.91 Å². The molecule has 1 fully saturated rings. The fourth-order valence-electron chi connectivity index (χ4n) is 4.20. The van der Waals surface area contributed by atoms with Crippen LogP contribution in [0.1, 0.15) is 29.8 Å². The molecule has 35 heavy (non-hydrogen) atoms. The van der Waals surface area contributed by atoms with Gasteiger partial charge in [-0.25, -0.2) is 9.97 Å². The molecule has 0 bridgehead atoms. The Balaban J connectivity index is 1.54. The predicted octanol–water partition coefficient (Wildman–Crippen LogP) is 5.57. The van der Waals surface area contributed by atoms with E-state index in [4.69, 9.17) is 4.74 Å². The van der Waals surface area contributed by atoms with Crippen LogP contribution >= 0.6 is 11.3 Å². The average Bonchev–Trinajstić information content (AvgIpc) is 3.47. The van der Waals surface area contributed by atoms with E-state index in [9.17, 15) is 18.0 Å². The molecule has 0 saturated carbocycles. The number of rotatable bonds is 4. The topological polar surface area (TPSA) is 83.1 Å². The highest BCUT2D eigenvalue weighted by Gasteiger charge is 2.36. The molecule has 2 aromatic heterocycles. The van der Waals surface area contributed by atoms with Gasteiger partial charge in [-0.3, -0.25) is 10.1 Å². The molecule has 1 aliphatic rings. The lowest BCUT2D eigenvalue weighted by atomic mass is 10.0. The Morgan fingerprint density at radius 1 is 1.26 bits per heavy atom. The number of thiazole rings is 1. The Hall–Kier alpha value is -3.44. The number of alkyl halides is 3. The molecule has 1 amide bonds. The van der Waals surface area contributed by atoms with Crippen molar-refractivity contribution in [2.45, 2.75) is 25.6 Å². The first-order valence-electron chi connectivity index (χ1n) is 10.9. The van der Waals surface area contributed by atoms with Crippen LogP contribution in [0.4, 0.5) is 24.0 Å². The normalized spacial score (nSPS) is 16.0. The molecule has 1 saturated heterocycles. The van der Waals surface area contributed by atoms with E-state index in [0.717, 1.165) is 6.07 Å². The van der Waals surface area contributed by atoms with E-state index in [1.807, 2.05) is 18.7 Å². The first-order chi connectivity index (χ1) is 16.6. The van der Waals surface area contributed by atoms with Gasteiger partial charge in [-0.2, -0.15) is 13.2 Å². The molecule has 11 heteroatoms. The molecule has 182 valence electrons. The number of nitrogens with zero attached hydrogens (tertiary/aromatic N) is 3. The highest BCUT2D eigenvalue weighted by atomic mass is 32.1. The summed E-state index contributed by atoms with van der Waals surface area (Å²) in [6.45, 7) is 5.24. The van der Waals surface area contributed by atoms with Crippen LogP contribution in [0.2, 0.25) is 0 Å². The number of carbonyl (C=O) groups is 1. The van der Waals surface area contributed by atoms with Crippen molar-refractivity contribution in [1.29, 1.82) is 0 Å². The van der Waals surface area contributed by atoms with Gasteiger partial charge >= 0.3 is 6.18 Å². The number of carbonyl (C=O) groups excluding carboxylic acids is 1. The maximum Gasteiger partial charge on any atom is 0.417 e. The summed E-state index contributed by atoms with van der Waals surface area (Å²) >= 11 is 1.26. The highest BCUT2D eigenvalue weighted by Crippen LogP contribution is 2.39. The molecule has 0 unspecified atom stereocenters. The minimum absolute atomic E-state index is 0.0377. The SMILES string of the molecule is CC1(C)CN(c2ccc(-c3nc4c(C(=O)Nc5nccs5)cccc4[nH]3)c(C(F)(F)F)c2)CCO1. The molecule has 0 radical (unpaired) electrons. The maximum atomic E-state index is 14.2. The van der Waals surface area contributed by atoms with E-state index in [1.165, 1.54) is 17.4 Å². The van der Waals surface area contributed by atoms with Gasteiger partial charge in [-0.1, -0.05) is 6.07 Å². The zero-order valence-electron chi connectivity index (χ0n) is 18.9. The number of para-hydroxylation sites is 1. The van der Waals surface area contributed by atoms with Crippen LogP contribution in [0, 0.1) is 0 Å². The fraction of sp³-hybridized carbons (Fsp3) is 0.292. The molecule has 7 nitrogen and oxygen atoms in total. The van der Waals surface area contributed by atoms with Crippen molar-refractivity contribution in [3.63, 3.8) is 0 Å². The lowest BCUT2D eigenvalue weighted by molar-refractivity contribution is -0.137. The lowest BCUT2D eigenvalue weighted by Gasteiger charge is -2.39. The molecule has 0 spiro atoms. The van der Waals surface area contributed by atoms with E-state index in [0.29, 0.717) is 36.0 Å². The van der Waals surface area contributed by atoms with E-state index in [-0.39, 0.29) is 22.5 Å². The summed E-state index contributed by atoms with van der Waals surface area (Å²) in [5, 5.41) is 4.83. The number of ether oxygens (including phenoxy) is 1. The number of imidazole rings is 1. The van der Waals surface area contributed by atoms with Crippen LogP contribution in [0.5, 0.6) is 0 Å². The Morgan fingerprint density at radius 3 is 2.80 bits per heavy atom. The molecule has 2 N–H and O–H groups in total. The van der Waals surface area contributed by atoms with Crippen LogP contribution in [0.25, 0.3) is 22.4 Å². The third kappa shape index (κ3) is 4.73. The second-order valence-electron chi connectivity index (χ2n) is 8.84. The van der Waals surface area contributed by atoms with Gasteiger partial charge in [0, 0.05) is 35.9 Å². The second kappa shape index (κ2) is 8.65. The largest absolute Gasteiger partial charge is 0.417 e. The monoisotopic (exact) mass is 501 g/mol. The second-order valence-corrected chi connectivity index (χ2v) is 9.73. The quantitative estimate of drug-likeness (QED) is 0.382. The standard InChI is InChI=1S/C24H22F3N5O2S/c1-23(2)13-32(9-10-34-23)14-6-7-15(17(12-14)24(25,26)27)20-29-18-5-3-4-16(19(18)30-20)21(33)31-22-28-8-11-35-22/h3-8,11-12H,9-10,13H2,1-2H3,(H,29,30)(H,28,31,33). The summed E-state index contributed by atoms with van der Waals surface area (Å²) < 4.78 is 48.1. The number of fused-ring (bicyclic) bond motifs is 1. The van der Waals surface area contributed by atoms with Crippen molar-refractivity contribution in [2.75, 3.05) is 29.9 Å². The molecule has 5 rings (SSSR count). The molecular formula is C24H22F3N5O2S. The van der Waals surface area contributed by atoms with Crippen LogP contribution in [-0.2, 0) is 10.9 Å². The molecule has 0 atom stereocenters. The van der Waals surface area contributed by atoms with Crippen LogP contribution < -0.4 is 10.2 Å². The lowest BCUT2D eigenvalue weighted by Crippen LogP contribution is -2.48. The molecule has 0 aliphatic carbocycles. The molecule has 1 aliphatic heterocycles. The van der Waals surface area contributed by atoms with E-state index >= 15 is 0 Å². The Labute approximate surface area is 203 Å². The zero-order valence-corrected chi connectivity index (χ0v) is 19.8. The third-order valence-electron chi connectivity index (χ3n) is 5.76. The number of amides is 1. The summed E-state index contributed by atoms with van der Waals surface area (Å²) in [5.41, 5.74) is 0.105. The third-order valence-corrected chi connectivity index (χ3v) is 6.45. The first-order valence-corrected chi connectivity index (χ1v) is 11.8. The number of anilines is 2. The predicted molar refractivity (Wildman–Crippen MR) is 129 cm³/mol. The van der Waals surface area contributed by atoms with Crippen molar-refractivity contribution in [1.82, 2.24) is 15.0 Å². The van der Waals surface area contributed by atoms with E-state index < -0.39 is 23.2 Å². The van der Waals surface area contributed by atoms with Crippen LogP contribution in [0.3, 0.4) is 0 Å². The van der Waals surface area contributed by atoms with Gasteiger partial charge in [-0.05, 0) is 44.2 Å². The number of aromatic amines is 1. The van der Waals surface area contributed by atoms with Crippen LogP contribution in [-0.4, -0.2) is 46.2 Å². The van der Waals surface area contributed by atoms with Crippen molar-refractivity contribution >= 4 is 39.1 Å². The molecule has 3 heterocycles. The van der Waals surface area contributed by atoms with E-state index in [1.54, 1.807) is 35.8 Å². The first kappa shape index (κ1) is 23.3. The number of H-pyrrole nitrogens is 1. The zero-order chi connectivity index (χ0) is 24.8. The summed E-state index contributed by atoms with van der Waals surface area (Å²) in [5.74, 6) is -0.402.